The van der Waals surface area contributed by atoms with Crippen molar-refractivity contribution in [3.05, 3.63) is 21.4 Å². The Kier molecular flexibility index (Phi) is 5.35. The number of carbonyl (C=O) groups excluding carboxylic acids is 1. The van der Waals surface area contributed by atoms with E-state index in [9.17, 15) is 9.90 Å². The van der Waals surface area contributed by atoms with Crippen LogP contribution < -0.4 is 0 Å². The summed E-state index contributed by atoms with van der Waals surface area (Å²) in [4.78, 5) is 14.1. The fourth-order valence-corrected chi connectivity index (χ4v) is 3.11. The van der Waals surface area contributed by atoms with Gasteiger partial charge in [0.05, 0.1) is 18.6 Å². The van der Waals surface area contributed by atoms with Crippen molar-refractivity contribution in [2.24, 2.45) is 11.8 Å². The third kappa shape index (κ3) is 3.33. The average molecular weight is 270 g/mol. The van der Waals surface area contributed by atoms with Crippen LogP contribution in [0, 0.1) is 25.7 Å². The highest BCUT2D eigenvalue weighted by atomic mass is 32.1. The van der Waals surface area contributed by atoms with E-state index < -0.39 is 12.0 Å². The summed E-state index contributed by atoms with van der Waals surface area (Å²) in [7, 11) is 0. The highest BCUT2D eigenvalue weighted by Gasteiger charge is 2.33. The second kappa shape index (κ2) is 6.34. The molecule has 0 aliphatic carbocycles. The molecule has 0 bridgehead atoms. The van der Waals surface area contributed by atoms with E-state index in [-0.39, 0.29) is 11.9 Å². The van der Waals surface area contributed by atoms with Gasteiger partial charge in [-0.1, -0.05) is 13.8 Å². The van der Waals surface area contributed by atoms with E-state index in [0.717, 1.165) is 15.3 Å². The standard InChI is InChI=1S/C14H22O3S/c1-6-17-14(16)12(8(2)3)13(15)11-7-9(4)18-10(11)5/h7-8,12-13,15H,6H2,1-5H3. The molecular weight excluding hydrogens is 248 g/mol. The fraction of sp³-hybridized carbons (Fsp3) is 0.643. The van der Waals surface area contributed by atoms with Crippen LogP contribution in [0.4, 0.5) is 0 Å². The number of aliphatic hydroxyl groups excluding tert-OH is 1. The lowest BCUT2D eigenvalue weighted by Crippen LogP contribution is -2.29. The zero-order valence-electron chi connectivity index (χ0n) is 11.7. The second-order valence-corrected chi connectivity index (χ2v) is 6.30. The van der Waals surface area contributed by atoms with Gasteiger partial charge < -0.3 is 9.84 Å². The Morgan fingerprint density at radius 1 is 1.44 bits per heavy atom. The van der Waals surface area contributed by atoms with Gasteiger partial charge in [-0.3, -0.25) is 4.79 Å². The van der Waals surface area contributed by atoms with Crippen LogP contribution in [0.3, 0.4) is 0 Å². The largest absolute Gasteiger partial charge is 0.466 e. The first-order valence-corrected chi connectivity index (χ1v) is 7.11. The molecule has 102 valence electrons. The maximum absolute atomic E-state index is 11.9. The lowest BCUT2D eigenvalue weighted by molar-refractivity contribution is -0.154. The third-order valence-electron chi connectivity index (χ3n) is 3.02. The van der Waals surface area contributed by atoms with Crippen LogP contribution in [0.1, 0.15) is 42.2 Å². The summed E-state index contributed by atoms with van der Waals surface area (Å²) < 4.78 is 5.06. The van der Waals surface area contributed by atoms with Gasteiger partial charge in [0.15, 0.2) is 0 Å². The molecule has 2 unspecified atom stereocenters. The molecule has 18 heavy (non-hydrogen) atoms. The molecule has 0 fully saturated rings. The molecule has 0 radical (unpaired) electrons. The Morgan fingerprint density at radius 3 is 2.44 bits per heavy atom. The van der Waals surface area contributed by atoms with Crippen molar-refractivity contribution in [2.75, 3.05) is 6.61 Å². The molecule has 0 saturated heterocycles. The smallest absolute Gasteiger partial charge is 0.312 e. The van der Waals surface area contributed by atoms with Crippen LogP contribution in [-0.2, 0) is 9.53 Å². The van der Waals surface area contributed by atoms with Gasteiger partial charge in [0.2, 0.25) is 0 Å². The fourth-order valence-electron chi connectivity index (χ4n) is 2.14. The Labute approximate surface area is 113 Å². The number of esters is 1. The number of rotatable bonds is 5. The van der Waals surface area contributed by atoms with Crippen molar-refractivity contribution in [1.29, 1.82) is 0 Å². The Hall–Kier alpha value is -0.870. The van der Waals surface area contributed by atoms with Gasteiger partial charge in [0.1, 0.15) is 0 Å². The van der Waals surface area contributed by atoms with Crippen LogP contribution in [-0.4, -0.2) is 17.7 Å². The molecule has 2 atom stereocenters. The summed E-state index contributed by atoms with van der Waals surface area (Å²) in [6.45, 7) is 9.96. The predicted molar refractivity (Wildman–Crippen MR) is 73.7 cm³/mol. The van der Waals surface area contributed by atoms with Crippen LogP contribution in [0.15, 0.2) is 6.07 Å². The number of ether oxygens (including phenoxy) is 1. The molecule has 0 amide bonds. The minimum atomic E-state index is -0.783. The third-order valence-corrected chi connectivity index (χ3v) is 4.00. The molecule has 1 aromatic rings. The maximum atomic E-state index is 11.9. The van der Waals surface area contributed by atoms with Gasteiger partial charge in [-0.15, -0.1) is 11.3 Å². The number of hydrogen-bond acceptors (Lipinski definition) is 4. The minimum Gasteiger partial charge on any atom is -0.466 e. The monoisotopic (exact) mass is 270 g/mol. The SMILES string of the molecule is CCOC(=O)C(C(C)C)C(O)c1cc(C)sc1C. The van der Waals surface area contributed by atoms with Crippen molar-refractivity contribution in [3.63, 3.8) is 0 Å². The molecule has 4 heteroatoms. The average Bonchev–Trinajstić information content (AvgIpc) is 2.57. The van der Waals surface area contributed by atoms with Crippen molar-refractivity contribution in [2.45, 2.75) is 40.7 Å². The summed E-state index contributed by atoms with van der Waals surface area (Å²) in [6.07, 6.45) is -0.783. The summed E-state index contributed by atoms with van der Waals surface area (Å²) in [5.41, 5.74) is 0.851. The zero-order valence-corrected chi connectivity index (χ0v) is 12.5. The highest BCUT2D eigenvalue weighted by Crippen LogP contribution is 2.34. The van der Waals surface area contributed by atoms with E-state index in [2.05, 4.69) is 0 Å². The van der Waals surface area contributed by atoms with Crippen molar-refractivity contribution in [1.82, 2.24) is 0 Å². The number of carbonyl (C=O) groups is 1. The molecule has 0 aliphatic rings. The highest BCUT2D eigenvalue weighted by molar-refractivity contribution is 7.12. The summed E-state index contributed by atoms with van der Waals surface area (Å²) in [5, 5.41) is 10.4. The normalized spacial score (nSPS) is 14.6. The summed E-state index contributed by atoms with van der Waals surface area (Å²) >= 11 is 1.64. The number of hydrogen-bond donors (Lipinski definition) is 1. The van der Waals surface area contributed by atoms with Crippen LogP contribution in [0.25, 0.3) is 0 Å². The predicted octanol–water partition coefficient (Wildman–Crippen LogP) is 3.23. The first kappa shape index (κ1) is 15.2. The molecular formula is C14H22O3S. The van der Waals surface area contributed by atoms with E-state index in [1.54, 1.807) is 18.3 Å². The van der Waals surface area contributed by atoms with Gasteiger partial charge in [-0.05, 0) is 38.3 Å². The van der Waals surface area contributed by atoms with Crippen molar-refractivity contribution in [3.8, 4) is 0 Å². The lowest BCUT2D eigenvalue weighted by atomic mass is 9.86. The molecule has 1 aromatic heterocycles. The second-order valence-electron chi connectivity index (χ2n) is 4.84. The van der Waals surface area contributed by atoms with Gasteiger partial charge in [-0.25, -0.2) is 0 Å². The van der Waals surface area contributed by atoms with Crippen molar-refractivity contribution >= 4 is 17.3 Å². The van der Waals surface area contributed by atoms with Gasteiger partial charge in [0, 0.05) is 9.75 Å². The Bertz CT molecular complexity index is 409. The van der Waals surface area contributed by atoms with Gasteiger partial charge in [0.25, 0.3) is 0 Å². The summed E-state index contributed by atoms with van der Waals surface area (Å²) in [6, 6.07) is 1.96. The first-order chi connectivity index (χ1) is 8.38. The van der Waals surface area contributed by atoms with Gasteiger partial charge >= 0.3 is 5.97 Å². The quantitative estimate of drug-likeness (QED) is 0.836. The van der Waals surface area contributed by atoms with E-state index in [0.29, 0.717) is 6.61 Å². The Balaban J connectivity index is 2.99. The molecule has 0 saturated carbocycles. The molecule has 3 nitrogen and oxygen atoms in total. The van der Waals surface area contributed by atoms with E-state index in [1.807, 2.05) is 33.8 Å². The Morgan fingerprint density at radius 2 is 2.06 bits per heavy atom. The van der Waals surface area contributed by atoms with Crippen LogP contribution in [0.2, 0.25) is 0 Å². The topological polar surface area (TPSA) is 46.5 Å². The molecule has 1 heterocycles. The lowest BCUT2D eigenvalue weighted by Gasteiger charge is -2.24. The van der Waals surface area contributed by atoms with E-state index in [1.165, 1.54) is 0 Å². The molecule has 1 rings (SSSR count). The van der Waals surface area contributed by atoms with E-state index in [4.69, 9.17) is 4.74 Å². The van der Waals surface area contributed by atoms with Crippen molar-refractivity contribution < 1.29 is 14.6 Å². The first-order valence-electron chi connectivity index (χ1n) is 6.30. The molecule has 0 aliphatic heterocycles. The van der Waals surface area contributed by atoms with Crippen LogP contribution in [0.5, 0.6) is 0 Å². The molecule has 1 N–H and O–H groups in total. The molecule has 0 aromatic carbocycles. The van der Waals surface area contributed by atoms with Gasteiger partial charge in [-0.2, -0.15) is 0 Å². The van der Waals surface area contributed by atoms with Crippen LogP contribution >= 0.6 is 11.3 Å². The number of aliphatic hydroxyl groups is 1. The minimum absolute atomic E-state index is 0.0404. The number of thiophene rings is 1. The summed E-state index contributed by atoms with van der Waals surface area (Å²) in [5.74, 6) is -0.778. The zero-order chi connectivity index (χ0) is 13.9. The van der Waals surface area contributed by atoms with E-state index >= 15 is 0 Å². The molecule has 0 spiro atoms. The number of aryl methyl sites for hydroxylation is 2. The maximum Gasteiger partial charge on any atom is 0.312 e.